The van der Waals surface area contributed by atoms with Crippen molar-refractivity contribution in [1.82, 2.24) is 4.90 Å². The van der Waals surface area contributed by atoms with E-state index in [9.17, 15) is 4.79 Å². The highest BCUT2D eigenvalue weighted by Crippen LogP contribution is 2.27. The van der Waals surface area contributed by atoms with E-state index < -0.39 is 0 Å². The van der Waals surface area contributed by atoms with Crippen molar-refractivity contribution in [3.8, 4) is 0 Å². The number of benzene rings is 1. The summed E-state index contributed by atoms with van der Waals surface area (Å²) in [7, 11) is 0. The molecule has 0 bridgehead atoms. The van der Waals surface area contributed by atoms with Crippen molar-refractivity contribution in [1.29, 1.82) is 0 Å². The second-order valence-electron chi connectivity index (χ2n) is 4.99. The van der Waals surface area contributed by atoms with Gasteiger partial charge in [0.05, 0.1) is 23.9 Å². The van der Waals surface area contributed by atoms with Gasteiger partial charge in [-0.3, -0.25) is 9.69 Å². The average Bonchev–Trinajstić information content (AvgIpc) is 2.34. The van der Waals surface area contributed by atoms with Crippen LogP contribution in [0.4, 0.5) is 5.69 Å². The highest BCUT2D eigenvalue weighted by atomic mass is 35.5. The maximum Gasteiger partial charge on any atom is 0.238 e. The van der Waals surface area contributed by atoms with Crippen LogP contribution in [0.15, 0.2) is 12.1 Å². The first-order valence-corrected chi connectivity index (χ1v) is 7.25. The van der Waals surface area contributed by atoms with E-state index >= 15 is 0 Å². The van der Waals surface area contributed by atoms with Crippen molar-refractivity contribution >= 4 is 23.2 Å². The Labute approximate surface area is 125 Å². The van der Waals surface area contributed by atoms with Gasteiger partial charge < -0.3 is 10.4 Å². The van der Waals surface area contributed by atoms with Gasteiger partial charge in [0.15, 0.2) is 0 Å². The standard InChI is InChI=1S/C15H23ClN2O2/c1-4-5-18(6-7-19)10-14(20)17-15-12(3)8-11(2)9-13(15)16/h8-9,19H,4-7,10H2,1-3H3,(H,17,20). The molecule has 112 valence electrons. The molecule has 2 N–H and O–H groups in total. The summed E-state index contributed by atoms with van der Waals surface area (Å²) in [4.78, 5) is 14.0. The van der Waals surface area contributed by atoms with E-state index in [1.54, 1.807) is 0 Å². The molecular formula is C15H23ClN2O2. The molecule has 0 aromatic heterocycles. The number of hydrogen-bond acceptors (Lipinski definition) is 3. The fourth-order valence-corrected chi connectivity index (χ4v) is 2.55. The Hall–Kier alpha value is -1.10. The van der Waals surface area contributed by atoms with Crippen molar-refractivity contribution < 1.29 is 9.90 Å². The Morgan fingerprint density at radius 2 is 2.05 bits per heavy atom. The number of carbonyl (C=O) groups is 1. The molecule has 1 aromatic rings. The van der Waals surface area contributed by atoms with Gasteiger partial charge in [-0.05, 0) is 44.0 Å². The topological polar surface area (TPSA) is 52.6 Å². The molecule has 5 heteroatoms. The van der Waals surface area contributed by atoms with Crippen LogP contribution in [-0.4, -0.2) is 42.2 Å². The molecule has 20 heavy (non-hydrogen) atoms. The van der Waals surface area contributed by atoms with Crippen molar-refractivity contribution in [2.45, 2.75) is 27.2 Å². The van der Waals surface area contributed by atoms with Crippen LogP contribution in [0.3, 0.4) is 0 Å². The van der Waals surface area contributed by atoms with Gasteiger partial charge in [-0.25, -0.2) is 0 Å². The zero-order valence-corrected chi connectivity index (χ0v) is 13.1. The summed E-state index contributed by atoms with van der Waals surface area (Å²) in [6.07, 6.45) is 0.942. The third-order valence-corrected chi connectivity index (χ3v) is 3.32. The lowest BCUT2D eigenvalue weighted by molar-refractivity contribution is -0.117. The van der Waals surface area contributed by atoms with Gasteiger partial charge >= 0.3 is 0 Å². The van der Waals surface area contributed by atoms with Crippen LogP contribution in [0.2, 0.25) is 5.02 Å². The SMILES string of the molecule is CCCN(CCO)CC(=O)Nc1c(C)cc(C)cc1Cl. The highest BCUT2D eigenvalue weighted by molar-refractivity contribution is 6.34. The molecule has 1 amide bonds. The first kappa shape index (κ1) is 17.0. The molecule has 1 rings (SSSR count). The predicted octanol–water partition coefficient (Wildman–Crippen LogP) is 2.60. The average molecular weight is 299 g/mol. The van der Waals surface area contributed by atoms with Crippen molar-refractivity contribution in [2.75, 3.05) is 31.6 Å². The molecule has 0 radical (unpaired) electrons. The summed E-state index contributed by atoms with van der Waals surface area (Å²) < 4.78 is 0. The number of aryl methyl sites for hydroxylation is 2. The van der Waals surface area contributed by atoms with Crippen molar-refractivity contribution in [2.24, 2.45) is 0 Å². The molecule has 0 aliphatic carbocycles. The molecule has 4 nitrogen and oxygen atoms in total. The lowest BCUT2D eigenvalue weighted by atomic mass is 10.1. The number of nitrogens with zero attached hydrogens (tertiary/aromatic N) is 1. The van der Waals surface area contributed by atoms with Crippen LogP contribution in [0, 0.1) is 13.8 Å². The lowest BCUT2D eigenvalue weighted by Gasteiger charge is -2.20. The minimum absolute atomic E-state index is 0.0532. The molecule has 0 fully saturated rings. The summed E-state index contributed by atoms with van der Waals surface area (Å²) in [6.45, 7) is 7.54. The van der Waals surface area contributed by atoms with Crippen LogP contribution in [0.5, 0.6) is 0 Å². The van der Waals surface area contributed by atoms with Gasteiger partial charge in [0.25, 0.3) is 0 Å². The number of rotatable bonds is 7. The Kier molecular flexibility index (Phi) is 6.99. The normalized spacial score (nSPS) is 10.9. The molecule has 0 saturated carbocycles. The number of anilines is 1. The van der Waals surface area contributed by atoms with Crippen LogP contribution < -0.4 is 5.32 Å². The van der Waals surface area contributed by atoms with E-state index in [1.165, 1.54) is 0 Å². The van der Waals surface area contributed by atoms with E-state index in [0.29, 0.717) is 17.3 Å². The molecule has 0 aliphatic heterocycles. The quantitative estimate of drug-likeness (QED) is 0.813. The fourth-order valence-electron chi connectivity index (χ4n) is 2.18. The molecule has 0 heterocycles. The zero-order chi connectivity index (χ0) is 15.1. The number of aliphatic hydroxyl groups excluding tert-OH is 1. The summed E-state index contributed by atoms with van der Waals surface area (Å²) in [5, 5.41) is 12.4. The molecule has 0 aliphatic rings. The Balaban J connectivity index is 2.70. The van der Waals surface area contributed by atoms with Gasteiger partial charge in [-0.15, -0.1) is 0 Å². The monoisotopic (exact) mass is 298 g/mol. The van der Waals surface area contributed by atoms with Gasteiger partial charge in [0.1, 0.15) is 0 Å². The minimum Gasteiger partial charge on any atom is -0.395 e. The molecule has 0 saturated heterocycles. The van der Waals surface area contributed by atoms with Gasteiger partial charge in [0.2, 0.25) is 5.91 Å². The zero-order valence-electron chi connectivity index (χ0n) is 12.4. The van der Waals surface area contributed by atoms with Crippen LogP contribution in [0.25, 0.3) is 0 Å². The summed E-state index contributed by atoms with van der Waals surface area (Å²) in [5.41, 5.74) is 2.69. The number of aliphatic hydroxyl groups is 1. The third-order valence-electron chi connectivity index (χ3n) is 3.02. The van der Waals surface area contributed by atoms with Crippen LogP contribution in [-0.2, 0) is 4.79 Å². The predicted molar refractivity (Wildman–Crippen MR) is 83.4 cm³/mol. The summed E-state index contributed by atoms with van der Waals surface area (Å²) >= 11 is 6.17. The Bertz CT molecular complexity index is 434. The first-order chi connectivity index (χ1) is 9.47. The number of hydrogen-bond donors (Lipinski definition) is 2. The first-order valence-electron chi connectivity index (χ1n) is 6.87. The molecule has 1 aromatic carbocycles. The second kappa shape index (κ2) is 8.25. The van der Waals surface area contributed by atoms with E-state index in [1.807, 2.05) is 37.8 Å². The van der Waals surface area contributed by atoms with Gasteiger partial charge in [-0.2, -0.15) is 0 Å². The Morgan fingerprint density at radius 3 is 2.60 bits per heavy atom. The highest BCUT2D eigenvalue weighted by Gasteiger charge is 2.13. The lowest BCUT2D eigenvalue weighted by Crippen LogP contribution is -2.35. The van der Waals surface area contributed by atoms with E-state index in [2.05, 4.69) is 5.32 Å². The molecule has 0 atom stereocenters. The Morgan fingerprint density at radius 1 is 1.35 bits per heavy atom. The van der Waals surface area contributed by atoms with Crippen molar-refractivity contribution in [3.63, 3.8) is 0 Å². The summed E-state index contributed by atoms with van der Waals surface area (Å²) in [5.74, 6) is -0.110. The third kappa shape index (κ3) is 5.12. The van der Waals surface area contributed by atoms with Crippen molar-refractivity contribution in [3.05, 3.63) is 28.3 Å². The maximum absolute atomic E-state index is 12.1. The molecular weight excluding hydrogens is 276 g/mol. The van der Waals surface area contributed by atoms with Gasteiger partial charge in [-0.1, -0.05) is 24.6 Å². The number of amides is 1. The van der Waals surface area contributed by atoms with Gasteiger partial charge in [0, 0.05) is 6.54 Å². The number of halogens is 1. The van der Waals surface area contributed by atoms with E-state index in [4.69, 9.17) is 16.7 Å². The molecule has 0 spiro atoms. The van der Waals surface area contributed by atoms with Crippen LogP contribution >= 0.6 is 11.6 Å². The number of nitrogens with one attached hydrogen (secondary N) is 1. The minimum atomic E-state index is -0.110. The number of carbonyl (C=O) groups excluding carboxylic acids is 1. The van der Waals surface area contributed by atoms with E-state index in [-0.39, 0.29) is 19.1 Å². The molecule has 0 unspecified atom stereocenters. The largest absolute Gasteiger partial charge is 0.395 e. The smallest absolute Gasteiger partial charge is 0.238 e. The second-order valence-corrected chi connectivity index (χ2v) is 5.39. The van der Waals surface area contributed by atoms with E-state index in [0.717, 1.165) is 24.1 Å². The maximum atomic E-state index is 12.1. The summed E-state index contributed by atoms with van der Waals surface area (Å²) in [6, 6.07) is 3.82. The fraction of sp³-hybridized carbons (Fsp3) is 0.533. The van der Waals surface area contributed by atoms with Crippen LogP contribution in [0.1, 0.15) is 24.5 Å².